The minimum atomic E-state index is -0.937. The molecule has 0 aliphatic carbocycles. The van der Waals surface area contributed by atoms with Crippen LogP contribution in [0.3, 0.4) is 0 Å². The van der Waals surface area contributed by atoms with Gasteiger partial charge in [-0.05, 0) is 19.9 Å². The second-order valence-corrected chi connectivity index (χ2v) is 4.65. The highest BCUT2D eigenvalue weighted by atomic mass is 16.5. The SMILES string of the molecule is Cc1cc(C(=O)N2CCOCC2CC(=O)O)c(C)o1. The Morgan fingerprint density at radius 1 is 1.47 bits per heavy atom. The number of rotatable bonds is 3. The fourth-order valence-corrected chi connectivity index (χ4v) is 2.29. The fraction of sp³-hybridized carbons (Fsp3) is 0.538. The number of amides is 1. The highest BCUT2D eigenvalue weighted by Gasteiger charge is 2.31. The van der Waals surface area contributed by atoms with Gasteiger partial charge in [0.1, 0.15) is 11.5 Å². The van der Waals surface area contributed by atoms with Crippen LogP contribution in [0.5, 0.6) is 0 Å². The fourth-order valence-electron chi connectivity index (χ4n) is 2.29. The molecular formula is C13H17NO5. The smallest absolute Gasteiger partial charge is 0.305 e. The third-order valence-electron chi connectivity index (χ3n) is 3.17. The van der Waals surface area contributed by atoms with Gasteiger partial charge in [-0.3, -0.25) is 9.59 Å². The van der Waals surface area contributed by atoms with E-state index in [0.717, 1.165) is 0 Å². The van der Waals surface area contributed by atoms with E-state index in [2.05, 4.69) is 0 Å². The van der Waals surface area contributed by atoms with Gasteiger partial charge < -0.3 is 19.2 Å². The van der Waals surface area contributed by atoms with Crippen LogP contribution in [-0.2, 0) is 9.53 Å². The molecule has 6 heteroatoms. The van der Waals surface area contributed by atoms with E-state index in [-0.39, 0.29) is 18.9 Å². The topological polar surface area (TPSA) is 80.0 Å². The number of hydrogen-bond donors (Lipinski definition) is 1. The Hall–Kier alpha value is -1.82. The van der Waals surface area contributed by atoms with Gasteiger partial charge in [0.2, 0.25) is 0 Å². The minimum Gasteiger partial charge on any atom is -0.481 e. The first-order valence-corrected chi connectivity index (χ1v) is 6.16. The molecule has 104 valence electrons. The Labute approximate surface area is 110 Å². The van der Waals surface area contributed by atoms with E-state index >= 15 is 0 Å². The first-order chi connectivity index (χ1) is 8.99. The van der Waals surface area contributed by atoms with Crippen LogP contribution in [0.1, 0.15) is 28.3 Å². The monoisotopic (exact) mass is 267 g/mol. The van der Waals surface area contributed by atoms with Crippen LogP contribution in [0.25, 0.3) is 0 Å². The molecule has 1 aromatic rings. The van der Waals surface area contributed by atoms with Crippen molar-refractivity contribution in [3.63, 3.8) is 0 Å². The van der Waals surface area contributed by atoms with Crippen LogP contribution in [-0.4, -0.2) is 47.7 Å². The van der Waals surface area contributed by atoms with E-state index in [1.165, 1.54) is 0 Å². The van der Waals surface area contributed by atoms with Crippen molar-refractivity contribution in [2.24, 2.45) is 0 Å². The summed E-state index contributed by atoms with van der Waals surface area (Å²) in [5.74, 6) is 0.101. The van der Waals surface area contributed by atoms with Gasteiger partial charge in [0, 0.05) is 6.54 Å². The van der Waals surface area contributed by atoms with Crippen molar-refractivity contribution in [3.8, 4) is 0 Å². The number of nitrogens with zero attached hydrogens (tertiary/aromatic N) is 1. The Bertz CT molecular complexity index is 493. The van der Waals surface area contributed by atoms with E-state index < -0.39 is 12.0 Å². The summed E-state index contributed by atoms with van der Waals surface area (Å²) in [4.78, 5) is 24.8. The van der Waals surface area contributed by atoms with E-state index in [0.29, 0.717) is 30.2 Å². The summed E-state index contributed by atoms with van der Waals surface area (Å²) >= 11 is 0. The molecule has 1 aliphatic heterocycles. The Kier molecular flexibility index (Phi) is 3.90. The van der Waals surface area contributed by atoms with Gasteiger partial charge in [-0.1, -0.05) is 0 Å². The third-order valence-corrected chi connectivity index (χ3v) is 3.17. The summed E-state index contributed by atoms with van der Waals surface area (Å²) < 4.78 is 10.6. The summed E-state index contributed by atoms with van der Waals surface area (Å²) in [5, 5.41) is 8.88. The van der Waals surface area contributed by atoms with Crippen molar-refractivity contribution < 1.29 is 23.8 Å². The summed E-state index contributed by atoms with van der Waals surface area (Å²) in [7, 11) is 0. The van der Waals surface area contributed by atoms with Gasteiger partial charge in [-0.15, -0.1) is 0 Å². The number of carbonyl (C=O) groups is 2. The summed E-state index contributed by atoms with van der Waals surface area (Å²) in [6.45, 7) is 4.59. The van der Waals surface area contributed by atoms with Crippen molar-refractivity contribution in [2.45, 2.75) is 26.3 Å². The Morgan fingerprint density at radius 3 is 2.79 bits per heavy atom. The number of aryl methyl sites for hydroxylation is 2. The molecule has 0 radical (unpaired) electrons. The average molecular weight is 267 g/mol. The normalized spacial score (nSPS) is 19.5. The molecule has 1 fully saturated rings. The van der Waals surface area contributed by atoms with Crippen LogP contribution in [0.4, 0.5) is 0 Å². The van der Waals surface area contributed by atoms with Gasteiger partial charge in [-0.25, -0.2) is 0 Å². The number of carbonyl (C=O) groups excluding carboxylic acids is 1. The molecule has 6 nitrogen and oxygen atoms in total. The largest absolute Gasteiger partial charge is 0.481 e. The van der Waals surface area contributed by atoms with E-state index in [4.69, 9.17) is 14.3 Å². The number of ether oxygens (including phenoxy) is 1. The molecule has 1 unspecified atom stereocenters. The molecule has 2 heterocycles. The summed E-state index contributed by atoms with van der Waals surface area (Å²) in [6.07, 6.45) is -0.110. The van der Waals surface area contributed by atoms with Crippen LogP contribution < -0.4 is 0 Å². The predicted molar refractivity (Wildman–Crippen MR) is 66.1 cm³/mol. The number of carboxylic acid groups (broad SMARTS) is 1. The molecule has 19 heavy (non-hydrogen) atoms. The maximum atomic E-state index is 12.4. The maximum absolute atomic E-state index is 12.4. The molecule has 1 aromatic heterocycles. The average Bonchev–Trinajstić information content (AvgIpc) is 2.67. The lowest BCUT2D eigenvalue weighted by atomic mass is 10.1. The zero-order valence-electron chi connectivity index (χ0n) is 11.0. The number of morpholine rings is 1. The lowest BCUT2D eigenvalue weighted by molar-refractivity contribution is -0.139. The summed E-state index contributed by atoms with van der Waals surface area (Å²) in [5.41, 5.74) is 0.495. The number of aliphatic carboxylic acids is 1. The second-order valence-electron chi connectivity index (χ2n) is 4.65. The number of carboxylic acids is 1. The predicted octanol–water partition coefficient (Wildman–Crippen LogP) is 1.21. The highest BCUT2D eigenvalue weighted by molar-refractivity contribution is 5.95. The quantitative estimate of drug-likeness (QED) is 0.890. The number of hydrogen-bond acceptors (Lipinski definition) is 4. The molecule has 1 atom stereocenters. The highest BCUT2D eigenvalue weighted by Crippen LogP contribution is 2.20. The molecule has 2 rings (SSSR count). The zero-order valence-corrected chi connectivity index (χ0v) is 11.0. The van der Waals surface area contributed by atoms with Gasteiger partial charge in [0.25, 0.3) is 5.91 Å². The lowest BCUT2D eigenvalue weighted by Gasteiger charge is -2.34. The minimum absolute atomic E-state index is 0.110. The van der Waals surface area contributed by atoms with E-state index in [1.54, 1.807) is 24.8 Å². The molecule has 0 saturated carbocycles. The lowest BCUT2D eigenvalue weighted by Crippen LogP contribution is -2.49. The van der Waals surface area contributed by atoms with E-state index in [9.17, 15) is 9.59 Å². The number of furan rings is 1. The van der Waals surface area contributed by atoms with Crippen LogP contribution in [0.2, 0.25) is 0 Å². The molecule has 1 amide bonds. The maximum Gasteiger partial charge on any atom is 0.305 e. The second kappa shape index (κ2) is 5.44. The van der Waals surface area contributed by atoms with E-state index in [1.807, 2.05) is 0 Å². The zero-order chi connectivity index (χ0) is 14.0. The first kappa shape index (κ1) is 13.6. The molecule has 1 saturated heterocycles. The molecule has 0 bridgehead atoms. The van der Waals surface area contributed by atoms with Gasteiger partial charge in [-0.2, -0.15) is 0 Å². The van der Waals surface area contributed by atoms with Crippen molar-refractivity contribution in [1.29, 1.82) is 0 Å². The summed E-state index contributed by atoms with van der Waals surface area (Å²) in [6, 6.07) is 1.26. The van der Waals surface area contributed by atoms with Gasteiger partial charge in [0.15, 0.2) is 0 Å². The van der Waals surface area contributed by atoms with Gasteiger partial charge in [0.05, 0.1) is 31.2 Å². The Morgan fingerprint density at radius 2 is 2.21 bits per heavy atom. The van der Waals surface area contributed by atoms with Crippen LogP contribution in [0.15, 0.2) is 10.5 Å². The molecule has 0 aromatic carbocycles. The van der Waals surface area contributed by atoms with Gasteiger partial charge >= 0.3 is 5.97 Å². The van der Waals surface area contributed by atoms with Crippen molar-refractivity contribution >= 4 is 11.9 Å². The molecule has 0 spiro atoms. The first-order valence-electron chi connectivity index (χ1n) is 6.16. The van der Waals surface area contributed by atoms with Crippen LogP contribution >= 0.6 is 0 Å². The van der Waals surface area contributed by atoms with Crippen LogP contribution in [0, 0.1) is 13.8 Å². The van der Waals surface area contributed by atoms with Crippen molar-refractivity contribution in [3.05, 3.63) is 23.2 Å². The standard InChI is InChI=1S/C13H17NO5/c1-8-5-11(9(2)19-8)13(17)14-3-4-18-7-10(14)6-12(15)16/h5,10H,3-4,6-7H2,1-2H3,(H,15,16). The third kappa shape index (κ3) is 2.96. The van der Waals surface area contributed by atoms with Crippen molar-refractivity contribution in [2.75, 3.05) is 19.8 Å². The Balaban J connectivity index is 2.19. The molecular weight excluding hydrogens is 250 g/mol. The molecule has 1 N–H and O–H groups in total. The molecule has 1 aliphatic rings. The van der Waals surface area contributed by atoms with Crippen molar-refractivity contribution in [1.82, 2.24) is 4.90 Å².